The minimum atomic E-state index is -0.368. The molecule has 0 spiro atoms. The quantitative estimate of drug-likeness (QED) is 0.876. The lowest BCUT2D eigenvalue weighted by atomic mass is 10.2. The molecule has 0 unspecified atom stereocenters. The van der Waals surface area contributed by atoms with Crippen molar-refractivity contribution in [3.8, 4) is 5.75 Å². The molecule has 0 aromatic heterocycles. The highest BCUT2D eigenvalue weighted by atomic mass is 79.9. The molecule has 1 saturated carbocycles. The van der Waals surface area contributed by atoms with E-state index in [1.165, 1.54) is 12.8 Å². The Hall–Kier alpha value is -0.650. The summed E-state index contributed by atoms with van der Waals surface area (Å²) in [4.78, 5) is 2.25. The van der Waals surface area contributed by atoms with Crippen LogP contribution in [0.5, 0.6) is 5.75 Å². The van der Waals surface area contributed by atoms with E-state index in [4.69, 9.17) is 10.5 Å². The largest absolute Gasteiger partial charge is 0.489 e. The molecule has 1 aliphatic rings. The lowest BCUT2D eigenvalue weighted by Gasteiger charge is -2.16. The molecule has 3 nitrogen and oxygen atoms in total. The highest BCUT2D eigenvalue weighted by Crippen LogP contribution is 2.29. The molecule has 2 N–H and O–H groups in total. The molecule has 2 rings (SSSR count). The van der Waals surface area contributed by atoms with Crippen LogP contribution in [0.1, 0.15) is 18.4 Å². The van der Waals surface area contributed by atoms with Gasteiger partial charge in [0.15, 0.2) is 11.6 Å². The number of halogens is 2. The lowest BCUT2D eigenvalue weighted by Crippen LogP contribution is -2.26. The van der Waals surface area contributed by atoms with Gasteiger partial charge in [-0.3, -0.25) is 0 Å². The molecule has 0 aliphatic heterocycles. The smallest absolute Gasteiger partial charge is 0.179 e. The Morgan fingerprint density at radius 1 is 1.50 bits per heavy atom. The van der Waals surface area contributed by atoms with Crippen molar-refractivity contribution in [3.05, 3.63) is 28.0 Å². The second kappa shape index (κ2) is 5.99. The molecule has 100 valence electrons. The van der Waals surface area contributed by atoms with Crippen molar-refractivity contribution >= 4 is 15.9 Å². The number of ether oxygens (including phenoxy) is 1. The highest BCUT2D eigenvalue weighted by molar-refractivity contribution is 9.10. The van der Waals surface area contributed by atoms with Gasteiger partial charge in [-0.05, 0) is 47.4 Å². The van der Waals surface area contributed by atoms with Crippen LogP contribution in [0.25, 0.3) is 0 Å². The first-order valence-corrected chi connectivity index (χ1v) is 6.92. The lowest BCUT2D eigenvalue weighted by molar-refractivity contribution is 0.225. The van der Waals surface area contributed by atoms with Crippen LogP contribution in [0, 0.1) is 5.82 Å². The van der Waals surface area contributed by atoms with Gasteiger partial charge < -0.3 is 15.4 Å². The van der Waals surface area contributed by atoms with E-state index in [0.717, 1.165) is 12.1 Å². The first kappa shape index (κ1) is 13.8. The maximum Gasteiger partial charge on any atom is 0.179 e. The molecule has 0 heterocycles. The van der Waals surface area contributed by atoms with E-state index < -0.39 is 0 Å². The van der Waals surface area contributed by atoms with E-state index in [1.54, 1.807) is 12.1 Å². The number of rotatable bonds is 6. The molecule has 18 heavy (non-hydrogen) atoms. The van der Waals surface area contributed by atoms with Crippen LogP contribution in [0.2, 0.25) is 0 Å². The molecule has 1 aliphatic carbocycles. The third-order valence-corrected chi connectivity index (χ3v) is 4.08. The fraction of sp³-hybridized carbons (Fsp3) is 0.538. The molecule has 0 radical (unpaired) electrons. The molecular formula is C13H18BrFN2O. The molecule has 0 amide bonds. The zero-order chi connectivity index (χ0) is 13.1. The fourth-order valence-electron chi connectivity index (χ4n) is 1.84. The van der Waals surface area contributed by atoms with Crippen LogP contribution >= 0.6 is 15.9 Å². The van der Waals surface area contributed by atoms with Crippen molar-refractivity contribution in [3.63, 3.8) is 0 Å². The molecule has 1 aromatic rings. The van der Waals surface area contributed by atoms with E-state index in [0.29, 0.717) is 23.7 Å². The number of benzene rings is 1. The summed E-state index contributed by atoms with van der Waals surface area (Å²) in [7, 11) is 2.07. The molecule has 5 heteroatoms. The normalized spacial score (nSPS) is 15.2. The SMILES string of the molecule is CN(CCOc1ccc(CN)c(Br)c1F)C1CC1. The molecule has 1 aromatic carbocycles. The fourth-order valence-corrected chi connectivity index (χ4v) is 2.33. The Bertz CT molecular complexity index is 424. The van der Waals surface area contributed by atoms with Gasteiger partial charge in [0.25, 0.3) is 0 Å². The number of hydrogen-bond donors (Lipinski definition) is 1. The molecule has 0 saturated heterocycles. The summed E-state index contributed by atoms with van der Waals surface area (Å²) in [5.74, 6) is -0.0877. The average molecular weight is 317 g/mol. The summed E-state index contributed by atoms with van der Waals surface area (Å²) in [6.45, 7) is 1.63. The third kappa shape index (κ3) is 3.22. The third-order valence-electron chi connectivity index (χ3n) is 3.22. The van der Waals surface area contributed by atoms with Crippen molar-refractivity contribution in [2.24, 2.45) is 5.73 Å². The maximum absolute atomic E-state index is 13.9. The van der Waals surface area contributed by atoms with Gasteiger partial charge in [-0.25, -0.2) is 4.39 Å². The van der Waals surface area contributed by atoms with Gasteiger partial charge in [-0.15, -0.1) is 0 Å². The van der Waals surface area contributed by atoms with E-state index in [2.05, 4.69) is 27.9 Å². The van der Waals surface area contributed by atoms with E-state index in [9.17, 15) is 4.39 Å². The van der Waals surface area contributed by atoms with E-state index in [-0.39, 0.29) is 11.6 Å². The summed E-state index contributed by atoms with van der Waals surface area (Å²) in [6, 6.07) is 4.12. The van der Waals surface area contributed by atoms with Gasteiger partial charge in [0, 0.05) is 19.1 Å². The molecule has 0 atom stereocenters. The van der Waals surface area contributed by atoms with Gasteiger partial charge >= 0.3 is 0 Å². The monoisotopic (exact) mass is 316 g/mol. The highest BCUT2D eigenvalue weighted by Gasteiger charge is 2.25. The van der Waals surface area contributed by atoms with Gasteiger partial charge in [0.1, 0.15) is 6.61 Å². The Labute approximate surface area is 115 Å². The zero-order valence-corrected chi connectivity index (χ0v) is 12.0. The maximum atomic E-state index is 13.9. The number of nitrogens with zero attached hydrogens (tertiary/aromatic N) is 1. The Kier molecular flexibility index (Phi) is 4.59. The van der Waals surface area contributed by atoms with Crippen molar-refractivity contribution < 1.29 is 9.13 Å². The molecule has 0 bridgehead atoms. The second-order valence-electron chi connectivity index (χ2n) is 4.62. The molecular weight excluding hydrogens is 299 g/mol. The number of nitrogens with two attached hydrogens (primary N) is 1. The van der Waals surface area contributed by atoms with E-state index >= 15 is 0 Å². The van der Waals surface area contributed by atoms with Gasteiger partial charge in [-0.2, -0.15) is 0 Å². The van der Waals surface area contributed by atoms with Crippen LogP contribution in [-0.2, 0) is 6.54 Å². The van der Waals surface area contributed by atoms with Gasteiger partial charge in [0.05, 0.1) is 4.47 Å². The van der Waals surface area contributed by atoms with Crippen molar-refractivity contribution in [1.29, 1.82) is 0 Å². The van der Waals surface area contributed by atoms with Crippen molar-refractivity contribution in [2.45, 2.75) is 25.4 Å². The Morgan fingerprint density at radius 2 is 2.22 bits per heavy atom. The second-order valence-corrected chi connectivity index (χ2v) is 5.41. The Balaban J connectivity index is 1.90. The molecule has 1 fully saturated rings. The average Bonchev–Trinajstić information content (AvgIpc) is 3.19. The van der Waals surface area contributed by atoms with Crippen molar-refractivity contribution in [2.75, 3.05) is 20.2 Å². The van der Waals surface area contributed by atoms with Crippen LogP contribution in [0.3, 0.4) is 0 Å². The van der Waals surface area contributed by atoms with Gasteiger partial charge in [-0.1, -0.05) is 6.07 Å². The summed E-state index contributed by atoms with van der Waals surface area (Å²) >= 11 is 3.20. The standard InChI is InChI=1S/C13H18BrFN2O/c1-17(10-3-4-10)6-7-18-11-5-2-9(8-16)12(14)13(11)15/h2,5,10H,3-4,6-8,16H2,1H3. The predicted molar refractivity (Wildman–Crippen MR) is 73.1 cm³/mol. The first-order valence-electron chi connectivity index (χ1n) is 6.13. The summed E-state index contributed by atoms with van der Waals surface area (Å²) in [5.41, 5.74) is 6.25. The summed E-state index contributed by atoms with van der Waals surface area (Å²) in [6.07, 6.45) is 2.53. The van der Waals surface area contributed by atoms with Crippen LogP contribution < -0.4 is 10.5 Å². The van der Waals surface area contributed by atoms with Crippen LogP contribution in [0.15, 0.2) is 16.6 Å². The minimum absolute atomic E-state index is 0.281. The first-order chi connectivity index (χ1) is 8.63. The van der Waals surface area contributed by atoms with Crippen molar-refractivity contribution in [1.82, 2.24) is 4.90 Å². The van der Waals surface area contributed by atoms with Gasteiger partial charge in [0.2, 0.25) is 0 Å². The van der Waals surface area contributed by atoms with Crippen LogP contribution in [0.4, 0.5) is 4.39 Å². The van der Waals surface area contributed by atoms with Crippen LogP contribution in [-0.4, -0.2) is 31.1 Å². The minimum Gasteiger partial charge on any atom is -0.489 e. The topological polar surface area (TPSA) is 38.5 Å². The predicted octanol–water partition coefficient (Wildman–Crippen LogP) is 2.52. The number of likely N-dealkylation sites (N-methyl/N-ethyl adjacent to an activating group) is 1. The number of hydrogen-bond acceptors (Lipinski definition) is 3. The Morgan fingerprint density at radius 3 is 2.83 bits per heavy atom. The summed E-state index contributed by atoms with van der Waals surface area (Å²) < 4.78 is 19.8. The zero-order valence-electron chi connectivity index (χ0n) is 10.5. The van der Waals surface area contributed by atoms with E-state index in [1.807, 2.05) is 0 Å². The summed E-state index contributed by atoms with van der Waals surface area (Å²) in [5, 5.41) is 0.